The van der Waals surface area contributed by atoms with Crippen LogP contribution in [0.15, 0.2) is 18.2 Å². The van der Waals surface area contributed by atoms with Crippen LogP contribution in [0, 0.1) is 0 Å². The quantitative estimate of drug-likeness (QED) is 0.896. The molecule has 0 spiro atoms. The fourth-order valence-electron chi connectivity index (χ4n) is 2.54. The Morgan fingerprint density at radius 3 is 2.75 bits per heavy atom. The Morgan fingerprint density at radius 2 is 2.15 bits per heavy atom. The van der Waals surface area contributed by atoms with Crippen LogP contribution in [-0.4, -0.2) is 36.6 Å². The lowest BCUT2D eigenvalue weighted by Crippen LogP contribution is -2.48. The number of piperidine rings is 1. The number of carboxylic acids is 1. The monoisotopic (exact) mass is 296 g/mol. The molecule has 0 saturated carbocycles. The smallest absolute Gasteiger partial charge is 0.337 e. The number of halogens is 1. The van der Waals surface area contributed by atoms with Crippen LogP contribution >= 0.6 is 11.6 Å². The molecule has 1 aliphatic rings. The first-order valence-electron chi connectivity index (χ1n) is 6.55. The number of benzene rings is 1. The number of carbonyl (C=O) groups excluding carboxylic acids is 1. The van der Waals surface area contributed by atoms with Crippen molar-refractivity contribution in [3.8, 4) is 0 Å². The van der Waals surface area contributed by atoms with E-state index in [0.717, 1.165) is 31.5 Å². The van der Waals surface area contributed by atoms with Crippen LogP contribution in [0.5, 0.6) is 0 Å². The molecule has 1 aliphatic heterocycles. The van der Waals surface area contributed by atoms with E-state index in [1.54, 1.807) is 19.2 Å². The minimum atomic E-state index is -1.05. The maximum atomic E-state index is 11.9. The van der Waals surface area contributed by atoms with Crippen LogP contribution in [0.2, 0.25) is 5.02 Å². The van der Waals surface area contributed by atoms with E-state index in [4.69, 9.17) is 16.7 Å². The van der Waals surface area contributed by atoms with Gasteiger partial charge in [-0.25, -0.2) is 4.79 Å². The average molecular weight is 297 g/mol. The summed E-state index contributed by atoms with van der Waals surface area (Å²) in [5.74, 6) is -1.08. The molecule has 0 aromatic heterocycles. The van der Waals surface area contributed by atoms with Crippen molar-refractivity contribution in [1.29, 1.82) is 0 Å². The van der Waals surface area contributed by atoms with Gasteiger partial charge in [0.1, 0.15) is 6.04 Å². The van der Waals surface area contributed by atoms with Crippen molar-refractivity contribution in [2.24, 2.45) is 0 Å². The van der Waals surface area contributed by atoms with E-state index in [1.165, 1.54) is 6.07 Å². The summed E-state index contributed by atoms with van der Waals surface area (Å²) in [4.78, 5) is 24.9. The molecule has 1 unspecified atom stereocenters. The molecular formula is C14H17ClN2O3. The standard InChI is InChI=1S/C14H17ClN2O3/c1-16-13(18)12-4-2-3-7-17(12)9-5-6-10(14(19)20)11(15)8-9/h5-6,8,12H,2-4,7H2,1H3,(H,16,18)(H,19,20). The summed E-state index contributed by atoms with van der Waals surface area (Å²) < 4.78 is 0. The molecular weight excluding hydrogens is 280 g/mol. The lowest BCUT2D eigenvalue weighted by Gasteiger charge is -2.36. The van der Waals surface area contributed by atoms with Gasteiger partial charge in [-0.3, -0.25) is 4.79 Å². The number of nitrogens with one attached hydrogen (secondary N) is 1. The first kappa shape index (κ1) is 14.7. The van der Waals surface area contributed by atoms with Gasteiger partial charge in [0, 0.05) is 19.3 Å². The second-order valence-corrected chi connectivity index (χ2v) is 5.20. The number of carboxylic acid groups (broad SMARTS) is 1. The highest BCUT2D eigenvalue weighted by Crippen LogP contribution is 2.29. The van der Waals surface area contributed by atoms with Crippen LogP contribution < -0.4 is 10.2 Å². The van der Waals surface area contributed by atoms with Crippen molar-refractivity contribution in [2.75, 3.05) is 18.5 Å². The topological polar surface area (TPSA) is 69.6 Å². The normalized spacial score (nSPS) is 18.7. The predicted octanol–water partition coefficient (Wildman–Crippen LogP) is 2.14. The molecule has 0 radical (unpaired) electrons. The van der Waals surface area contributed by atoms with Gasteiger partial charge in [-0.1, -0.05) is 11.6 Å². The third-order valence-corrected chi connectivity index (χ3v) is 3.88. The molecule has 1 heterocycles. The number of hydrogen-bond donors (Lipinski definition) is 2. The van der Waals surface area contributed by atoms with E-state index in [1.807, 2.05) is 4.90 Å². The lowest BCUT2D eigenvalue weighted by molar-refractivity contribution is -0.122. The third-order valence-electron chi connectivity index (χ3n) is 3.57. The first-order chi connectivity index (χ1) is 9.54. The average Bonchev–Trinajstić information content (AvgIpc) is 2.46. The summed E-state index contributed by atoms with van der Waals surface area (Å²) in [5.41, 5.74) is 0.859. The molecule has 2 N–H and O–H groups in total. The molecule has 1 atom stereocenters. The predicted molar refractivity (Wildman–Crippen MR) is 77.5 cm³/mol. The molecule has 6 heteroatoms. The minimum Gasteiger partial charge on any atom is -0.478 e. The highest BCUT2D eigenvalue weighted by atomic mass is 35.5. The van der Waals surface area contributed by atoms with Crippen LogP contribution in [0.25, 0.3) is 0 Å². The van der Waals surface area contributed by atoms with Crippen LogP contribution in [0.1, 0.15) is 29.6 Å². The van der Waals surface area contributed by atoms with E-state index in [2.05, 4.69) is 5.32 Å². The van der Waals surface area contributed by atoms with Crippen molar-refractivity contribution in [2.45, 2.75) is 25.3 Å². The zero-order valence-electron chi connectivity index (χ0n) is 11.2. The number of rotatable bonds is 3. The summed E-state index contributed by atoms with van der Waals surface area (Å²) in [6, 6.07) is 4.58. The number of aromatic carboxylic acids is 1. The SMILES string of the molecule is CNC(=O)C1CCCCN1c1ccc(C(=O)O)c(Cl)c1. The Kier molecular flexibility index (Phi) is 4.49. The molecule has 1 amide bonds. The van der Waals surface area contributed by atoms with Crippen molar-refractivity contribution >= 4 is 29.2 Å². The Balaban J connectivity index is 2.31. The van der Waals surface area contributed by atoms with Crippen molar-refractivity contribution in [3.63, 3.8) is 0 Å². The molecule has 5 nitrogen and oxygen atoms in total. The van der Waals surface area contributed by atoms with E-state index in [0.29, 0.717) is 0 Å². The molecule has 20 heavy (non-hydrogen) atoms. The molecule has 2 rings (SSSR count). The Morgan fingerprint density at radius 1 is 1.40 bits per heavy atom. The second-order valence-electron chi connectivity index (χ2n) is 4.79. The van der Waals surface area contributed by atoms with Crippen molar-refractivity contribution < 1.29 is 14.7 Å². The molecule has 0 aliphatic carbocycles. The van der Waals surface area contributed by atoms with E-state index in [-0.39, 0.29) is 22.5 Å². The lowest BCUT2D eigenvalue weighted by atomic mass is 10.00. The summed E-state index contributed by atoms with van der Waals surface area (Å²) in [6.07, 6.45) is 2.80. The van der Waals surface area contributed by atoms with E-state index >= 15 is 0 Å². The van der Waals surface area contributed by atoms with E-state index in [9.17, 15) is 9.59 Å². The van der Waals surface area contributed by atoms with Gasteiger partial charge >= 0.3 is 5.97 Å². The van der Waals surface area contributed by atoms with Gasteiger partial charge in [0.25, 0.3) is 0 Å². The molecule has 1 aromatic rings. The second kappa shape index (κ2) is 6.13. The maximum absolute atomic E-state index is 11.9. The van der Waals surface area contributed by atoms with Crippen LogP contribution in [-0.2, 0) is 4.79 Å². The van der Waals surface area contributed by atoms with Crippen LogP contribution in [0.3, 0.4) is 0 Å². The number of anilines is 1. The van der Waals surface area contributed by atoms with Crippen molar-refractivity contribution in [1.82, 2.24) is 5.32 Å². The summed E-state index contributed by atoms with van der Waals surface area (Å²) in [7, 11) is 1.62. The van der Waals surface area contributed by atoms with Crippen molar-refractivity contribution in [3.05, 3.63) is 28.8 Å². The van der Waals surface area contributed by atoms with Gasteiger partial charge in [0.2, 0.25) is 5.91 Å². The molecule has 1 saturated heterocycles. The van der Waals surface area contributed by atoms with Gasteiger partial charge in [-0.15, -0.1) is 0 Å². The first-order valence-corrected chi connectivity index (χ1v) is 6.93. The largest absolute Gasteiger partial charge is 0.478 e. The summed E-state index contributed by atoms with van der Waals surface area (Å²) in [6.45, 7) is 0.765. The highest BCUT2D eigenvalue weighted by molar-refractivity contribution is 6.33. The molecule has 0 bridgehead atoms. The van der Waals surface area contributed by atoms with Gasteiger partial charge < -0.3 is 15.3 Å². The highest BCUT2D eigenvalue weighted by Gasteiger charge is 2.28. The number of likely N-dealkylation sites (N-methyl/N-ethyl adjacent to an activating group) is 1. The summed E-state index contributed by atoms with van der Waals surface area (Å²) in [5, 5.41) is 11.8. The minimum absolute atomic E-state index is 0.0249. The zero-order chi connectivity index (χ0) is 14.7. The van der Waals surface area contributed by atoms with E-state index < -0.39 is 5.97 Å². The van der Waals surface area contributed by atoms with Crippen LogP contribution in [0.4, 0.5) is 5.69 Å². The summed E-state index contributed by atoms with van der Waals surface area (Å²) >= 11 is 6.00. The third kappa shape index (κ3) is 2.88. The Hall–Kier alpha value is -1.75. The maximum Gasteiger partial charge on any atom is 0.337 e. The fraction of sp³-hybridized carbons (Fsp3) is 0.429. The van der Waals surface area contributed by atoms with Gasteiger partial charge in [-0.2, -0.15) is 0 Å². The Labute approximate surface area is 122 Å². The molecule has 1 fully saturated rings. The number of hydrogen-bond acceptors (Lipinski definition) is 3. The number of carbonyl (C=O) groups is 2. The molecule has 108 valence electrons. The van der Waals surface area contributed by atoms with Gasteiger partial charge in [0.05, 0.1) is 10.6 Å². The van der Waals surface area contributed by atoms with Gasteiger partial charge in [-0.05, 0) is 37.5 Å². The Bertz CT molecular complexity index is 533. The van der Waals surface area contributed by atoms with Gasteiger partial charge in [0.15, 0.2) is 0 Å². The number of amides is 1. The zero-order valence-corrected chi connectivity index (χ0v) is 12.0. The molecule has 1 aromatic carbocycles. The number of nitrogens with zero attached hydrogens (tertiary/aromatic N) is 1. The fourth-order valence-corrected chi connectivity index (χ4v) is 2.79.